The van der Waals surface area contributed by atoms with Crippen LogP contribution in [0.2, 0.25) is 0 Å². The van der Waals surface area contributed by atoms with Crippen LogP contribution in [-0.2, 0) is 4.79 Å². The number of thiophene rings is 1. The van der Waals surface area contributed by atoms with Gasteiger partial charge in [0.05, 0.1) is 16.7 Å². The summed E-state index contributed by atoms with van der Waals surface area (Å²) in [5.74, 6) is 1.61. The third-order valence-corrected chi connectivity index (χ3v) is 5.52. The van der Waals surface area contributed by atoms with Gasteiger partial charge in [0.25, 0.3) is 0 Å². The first-order chi connectivity index (χ1) is 12.7. The molecule has 4 aromatic rings. The zero-order chi connectivity index (χ0) is 17.9. The van der Waals surface area contributed by atoms with Gasteiger partial charge in [-0.3, -0.25) is 9.89 Å². The summed E-state index contributed by atoms with van der Waals surface area (Å²) in [5, 5.41) is 13.6. The zero-order valence-electron chi connectivity index (χ0n) is 13.9. The minimum Gasteiger partial charge on any atom is -0.459 e. The summed E-state index contributed by atoms with van der Waals surface area (Å²) in [6.45, 7) is 1.90. The first-order valence-corrected chi connectivity index (χ1v) is 9.92. The smallest absolute Gasteiger partial charge is 0.231 e. The fourth-order valence-electron chi connectivity index (χ4n) is 2.53. The van der Waals surface area contributed by atoms with Crippen LogP contribution in [0.5, 0.6) is 0 Å². The van der Waals surface area contributed by atoms with Crippen molar-refractivity contribution >= 4 is 40.0 Å². The Morgan fingerprint density at radius 3 is 3.04 bits per heavy atom. The highest BCUT2D eigenvalue weighted by atomic mass is 32.2. The number of carbonyl (C=O) groups excluding carboxylic acids is 1. The van der Waals surface area contributed by atoms with Crippen molar-refractivity contribution in [3.8, 4) is 10.7 Å². The summed E-state index contributed by atoms with van der Waals surface area (Å²) in [5.41, 5.74) is 0.819. The van der Waals surface area contributed by atoms with Crippen molar-refractivity contribution in [3.05, 3.63) is 53.6 Å². The van der Waals surface area contributed by atoms with Gasteiger partial charge in [-0.15, -0.1) is 16.4 Å². The normalized spacial score (nSPS) is 12.3. The predicted molar refractivity (Wildman–Crippen MR) is 103 cm³/mol. The number of aromatic amines is 1. The van der Waals surface area contributed by atoms with E-state index in [1.165, 1.54) is 11.8 Å². The molecule has 0 aliphatic heterocycles. The molecule has 0 spiro atoms. The Kier molecular flexibility index (Phi) is 4.77. The van der Waals surface area contributed by atoms with Crippen molar-refractivity contribution in [1.29, 1.82) is 0 Å². The summed E-state index contributed by atoms with van der Waals surface area (Å²) >= 11 is 2.89. The van der Waals surface area contributed by atoms with E-state index >= 15 is 0 Å². The molecule has 132 valence electrons. The van der Waals surface area contributed by atoms with Crippen LogP contribution in [0, 0.1) is 0 Å². The maximum Gasteiger partial charge on any atom is 0.231 e. The molecule has 2 N–H and O–H groups in total. The molecule has 6 nitrogen and oxygen atoms in total. The zero-order valence-corrected chi connectivity index (χ0v) is 15.6. The number of benzene rings is 1. The average Bonchev–Trinajstić information content (AvgIpc) is 3.39. The van der Waals surface area contributed by atoms with Crippen molar-refractivity contribution in [2.24, 2.45) is 0 Å². The molecule has 0 saturated carbocycles. The molecule has 3 heterocycles. The molecule has 0 radical (unpaired) electrons. The molecule has 26 heavy (non-hydrogen) atoms. The number of thioether (sulfide) groups is 1. The van der Waals surface area contributed by atoms with Gasteiger partial charge < -0.3 is 9.73 Å². The molecule has 1 amide bonds. The Morgan fingerprint density at radius 1 is 1.35 bits per heavy atom. The monoisotopic (exact) mass is 384 g/mol. The van der Waals surface area contributed by atoms with Crippen LogP contribution in [0.25, 0.3) is 21.7 Å². The standard InChI is InChI=1S/C18H16N4O2S2/c1-11(14-9-12-5-2-3-6-13(12)24-14)19-16(23)10-26-18-20-17(21-22-18)15-7-4-8-25-15/h2-9,11H,10H2,1H3,(H,19,23)(H,20,21,22). The number of fused-ring (bicyclic) bond motifs is 1. The fraction of sp³-hybridized carbons (Fsp3) is 0.167. The number of aromatic nitrogens is 3. The fourth-order valence-corrected chi connectivity index (χ4v) is 3.81. The molecule has 1 unspecified atom stereocenters. The van der Waals surface area contributed by atoms with Crippen molar-refractivity contribution in [2.75, 3.05) is 5.75 Å². The predicted octanol–water partition coefficient (Wildman–Crippen LogP) is 4.25. The van der Waals surface area contributed by atoms with Crippen LogP contribution in [0.15, 0.2) is 57.4 Å². The maximum atomic E-state index is 12.2. The van der Waals surface area contributed by atoms with E-state index in [4.69, 9.17) is 4.42 Å². The van der Waals surface area contributed by atoms with E-state index in [-0.39, 0.29) is 17.7 Å². The average molecular weight is 384 g/mol. The molecule has 4 rings (SSSR count). The maximum absolute atomic E-state index is 12.2. The minimum absolute atomic E-state index is 0.0922. The van der Waals surface area contributed by atoms with Crippen LogP contribution in [0.3, 0.4) is 0 Å². The van der Waals surface area contributed by atoms with Gasteiger partial charge in [-0.1, -0.05) is 36.0 Å². The third-order valence-electron chi connectivity index (χ3n) is 3.80. The van der Waals surface area contributed by atoms with E-state index in [0.717, 1.165) is 27.4 Å². The molecule has 8 heteroatoms. The highest BCUT2D eigenvalue weighted by Gasteiger charge is 2.15. The quantitative estimate of drug-likeness (QED) is 0.486. The van der Waals surface area contributed by atoms with Gasteiger partial charge in [-0.05, 0) is 30.5 Å². The lowest BCUT2D eigenvalue weighted by Crippen LogP contribution is -2.27. The SMILES string of the molecule is CC(NC(=O)CSc1n[nH]c(-c2cccs2)n1)c1cc2ccccc2o1. The number of amides is 1. The largest absolute Gasteiger partial charge is 0.459 e. The molecule has 0 aliphatic rings. The summed E-state index contributed by atoms with van der Waals surface area (Å²) in [6.07, 6.45) is 0. The van der Waals surface area contributed by atoms with Gasteiger partial charge >= 0.3 is 0 Å². The molecular formula is C18H16N4O2S2. The number of para-hydroxylation sites is 1. The van der Waals surface area contributed by atoms with E-state index in [2.05, 4.69) is 20.5 Å². The number of nitrogens with zero attached hydrogens (tertiary/aromatic N) is 2. The molecule has 3 aromatic heterocycles. The second-order valence-corrected chi connectivity index (χ2v) is 7.60. The van der Waals surface area contributed by atoms with Crippen LogP contribution in [0.1, 0.15) is 18.7 Å². The minimum atomic E-state index is -0.204. The Bertz CT molecular complexity index is 990. The van der Waals surface area contributed by atoms with Crippen molar-refractivity contribution < 1.29 is 9.21 Å². The summed E-state index contributed by atoms with van der Waals surface area (Å²) in [4.78, 5) is 17.6. The molecule has 0 bridgehead atoms. The highest BCUT2D eigenvalue weighted by molar-refractivity contribution is 7.99. The van der Waals surface area contributed by atoms with E-state index in [0.29, 0.717) is 5.16 Å². The van der Waals surface area contributed by atoms with E-state index in [9.17, 15) is 4.79 Å². The number of carbonyl (C=O) groups is 1. The number of rotatable bonds is 6. The molecule has 1 aromatic carbocycles. The van der Waals surface area contributed by atoms with Crippen LogP contribution < -0.4 is 5.32 Å². The van der Waals surface area contributed by atoms with Crippen LogP contribution in [0.4, 0.5) is 0 Å². The van der Waals surface area contributed by atoms with E-state index < -0.39 is 0 Å². The third kappa shape index (κ3) is 3.66. The second kappa shape index (κ2) is 7.35. The van der Waals surface area contributed by atoms with E-state index in [1.807, 2.05) is 54.8 Å². The molecular weight excluding hydrogens is 368 g/mol. The van der Waals surface area contributed by atoms with Crippen LogP contribution in [-0.4, -0.2) is 26.8 Å². The number of hydrogen-bond donors (Lipinski definition) is 2. The van der Waals surface area contributed by atoms with Gasteiger partial charge in [0.15, 0.2) is 5.82 Å². The van der Waals surface area contributed by atoms with Crippen molar-refractivity contribution in [2.45, 2.75) is 18.1 Å². The highest BCUT2D eigenvalue weighted by Crippen LogP contribution is 2.25. The van der Waals surface area contributed by atoms with Crippen LogP contribution >= 0.6 is 23.1 Å². The molecule has 0 saturated heterocycles. The topological polar surface area (TPSA) is 83.8 Å². The number of nitrogens with one attached hydrogen (secondary N) is 2. The number of H-pyrrole nitrogens is 1. The Labute approximate surface area is 158 Å². The van der Waals surface area contributed by atoms with Gasteiger partial charge in [0.2, 0.25) is 11.1 Å². The molecule has 0 aliphatic carbocycles. The Morgan fingerprint density at radius 2 is 2.23 bits per heavy atom. The first-order valence-electron chi connectivity index (χ1n) is 8.06. The summed E-state index contributed by atoms with van der Waals surface area (Å²) in [7, 11) is 0. The lowest BCUT2D eigenvalue weighted by atomic mass is 10.2. The van der Waals surface area contributed by atoms with Crippen molar-refractivity contribution in [1.82, 2.24) is 20.5 Å². The lowest BCUT2D eigenvalue weighted by Gasteiger charge is -2.10. The van der Waals surface area contributed by atoms with Gasteiger partial charge in [-0.25, -0.2) is 4.98 Å². The lowest BCUT2D eigenvalue weighted by molar-refractivity contribution is -0.119. The van der Waals surface area contributed by atoms with Gasteiger partial charge in [0, 0.05) is 5.39 Å². The Hall–Kier alpha value is -2.58. The summed E-state index contributed by atoms with van der Waals surface area (Å²) in [6, 6.07) is 13.5. The molecule has 1 atom stereocenters. The molecule has 0 fully saturated rings. The van der Waals surface area contributed by atoms with Crippen molar-refractivity contribution in [3.63, 3.8) is 0 Å². The Balaban J connectivity index is 1.33. The summed E-state index contributed by atoms with van der Waals surface area (Å²) < 4.78 is 5.79. The van der Waals surface area contributed by atoms with Gasteiger partial charge in [0.1, 0.15) is 11.3 Å². The number of hydrogen-bond acceptors (Lipinski definition) is 6. The second-order valence-electron chi connectivity index (χ2n) is 5.71. The number of furan rings is 1. The van der Waals surface area contributed by atoms with Gasteiger partial charge in [-0.2, -0.15) is 0 Å². The first kappa shape index (κ1) is 16.9. The van der Waals surface area contributed by atoms with E-state index in [1.54, 1.807) is 11.3 Å².